The Bertz CT molecular complexity index is 572. The summed E-state index contributed by atoms with van der Waals surface area (Å²) in [6, 6.07) is 16.8. The first-order chi connectivity index (χ1) is 9.83. The molecule has 2 aromatic carbocycles. The van der Waals surface area contributed by atoms with Crippen LogP contribution in [0.25, 0.3) is 0 Å². The highest BCUT2D eigenvalue weighted by Crippen LogP contribution is 2.36. The molecule has 0 fully saturated rings. The Morgan fingerprint density at radius 2 is 2.00 bits per heavy atom. The van der Waals surface area contributed by atoms with Crippen molar-refractivity contribution >= 4 is 34.9 Å². The third kappa shape index (κ3) is 3.25. The van der Waals surface area contributed by atoms with E-state index in [2.05, 4.69) is 47.4 Å². The molecule has 0 aromatic heterocycles. The van der Waals surface area contributed by atoms with Crippen LogP contribution in [0.15, 0.2) is 58.3 Å². The monoisotopic (exact) mass is 302 g/mol. The van der Waals surface area contributed by atoms with E-state index in [1.807, 2.05) is 29.6 Å². The molecule has 0 amide bonds. The van der Waals surface area contributed by atoms with Crippen LogP contribution in [0.3, 0.4) is 0 Å². The lowest BCUT2D eigenvalue weighted by atomic mass is 10.2. The number of fused-ring (bicyclic) bond motifs is 1. The standard InChI is InChI=1S/C16H18N2S2/c17-13-6-7-16-15(12-13)18(9-11-20-16)8-10-19-14-4-2-1-3-5-14/h1-7,12H,8-11,17H2. The molecular formula is C16H18N2S2. The maximum absolute atomic E-state index is 5.92. The maximum Gasteiger partial charge on any atom is 0.0525 e. The minimum absolute atomic E-state index is 0.854. The van der Waals surface area contributed by atoms with Gasteiger partial charge in [0, 0.05) is 40.1 Å². The molecule has 2 N–H and O–H groups in total. The van der Waals surface area contributed by atoms with Gasteiger partial charge >= 0.3 is 0 Å². The van der Waals surface area contributed by atoms with Gasteiger partial charge in [0.15, 0.2) is 0 Å². The third-order valence-electron chi connectivity index (χ3n) is 3.32. The van der Waals surface area contributed by atoms with Crippen LogP contribution in [-0.4, -0.2) is 24.6 Å². The molecule has 0 bridgehead atoms. The molecule has 0 spiro atoms. The summed E-state index contributed by atoms with van der Waals surface area (Å²) in [6.07, 6.45) is 0. The van der Waals surface area contributed by atoms with Gasteiger partial charge in [-0.05, 0) is 30.3 Å². The zero-order chi connectivity index (χ0) is 13.8. The van der Waals surface area contributed by atoms with Crippen molar-refractivity contribution in [3.63, 3.8) is 0 Å². The quantitative estimate of drug-likeness (QED) is 0.683. The van der Waals surface area contributed by atoms with E-state index in [9.17, 15) is 0 Å². The van der Waals surface area contributed by atoms with Crippen LogP contribution in [-0.2, 0) is 0 Å². The minimum atomic E-state index is 0.854. The number of thioether (sulfide) groups is 2. The first-order valence-electron chi connectivity index (χ1n) is 6.78. The summed E-state index contributed by atoms with van der Waals surface area (Å²) >= 11 is 3.84. The Labute approximate surface area is 128 Å². The Kier molecular flexibility index (Phi) is 4.43. The molecule has 0 saturated heterocycles. The van der Waals surface area contributed by atoms with E-state index < -0.39 is 0 Å². The van der Waals surface area contributed by atoms with Gasteiger partial charge in [-0.1, -0.05) is 18.2 Å². The first-order valence-corrected chi connectivity index (χ1v) is 8.75. The number of nitrogens with two attached hydrogens (primary N) is 1. The van der Waals surface area contributed by atoms with E-state index in [4.69, 9.17) is 5.73 Å². The summed E-state index contributed by atoms with van der Waals surface area (Å²) in [6.45, 7) is 2.17. The third-order valence-corrected chi connectivity index (χ3v) is 5.35. The first kappa shape index (κ1) is 13.7. The van der Waals surface area contributed by atoms with Crippen molar-refractivity contribution in [1.29, 1.82) is 0 Å². The molecule has 20 heavy (non-hydrogen) atoms. The van der Waals surface area contributed by atoms with Gasteiger partial charge in [-0.3, -0.25) is 0 Å². The summed E-state index contributed by atoms with van der Waals surface area (Å²) in [7, 11) is 0. The molecule has 1 aliphatic rings. The van der Waals surface area contributed by atoms with Crippen LogP contribution in [0.2, 0.25) is 0 Å². The zero-order valence-corrected chi connectivity index (χ0v) is 12.9. The predicted octanol–water partition coefficient (Wildman–Crippen LogP) is 3.97. The van der Waals surface area contributed by atoms with Gasteiger partial charge in [-0.2, -0.15) is 0 Å². The number of nitrogens with zero attached hydrogens (tertiary/aromatic N) is 1. The van der Waals surface area contributed by atoms with E-state index in [1.165, 1.54) is 15.5 Å². The molecular weight excluding hydrogens is 284 g/mol. The summed E-state index contributed by atoms with van der Waals surface area (Å²) in [4.78, 5) is 5.15. The van der Waals surface area contributed by atoms with E-state index in [-0.39, 0.29) is 0 Å². The highest BCUT2D eigenvalue weighted by atomic mass is 32.2. The van der Waals surface area contributed by atoms with Crippen molar-refractivity contribution in [2.24, 2.45) is 0 Å². The van der Waals surface area contributed by atoms with Crippen LogP contribution < -0.4 is 10.6 Å². The SMILES string of the molecule is Nc1ccc2c(c1)N(CCSc1ccccc1)CCS2. The number of rotatable bonds is 4. The average molecular weight is 302 g/mol. The molecule has 0 saturated carbocycles. The van der Waals surface area contributed by atoms with Crippen LogP contribution in [0.5, 0.6) is 0 Å². The van der Waals surface area contributed by atoms with Gasteiger partial charge in [-0.25, -0.2) is 0 Å². The van der Waals surface area contributed by atoms with Crippen molar-refractivity contribution < 1.29 is 0 Å². The second-order valence-electron chi connectivity index (χ2n) is 4.72. The van der Waals surface area contributed by atoms with E-state index in [1.54, 1.807) is 0 Å². The van der Waals surface area contributed by atoms with Crippen molar-refractivity contribution in [3.05, 3.63) is 48.5 Å². The largest absolute Gasteiger partial charge is 0.399 e. The lowest BCUT2D eigenvalue weighted by molar-refractivity contribution is 0.856. The van der Waals surface area contributed by atoms with Crippen LogP contribution in [0, 0.1) is 0 Å². The molecule has 4 heteroatoms. The lowest BCUT2D eigenvalue weighted by Crippen LogP contribution is -2.31. The fraction of sp³-hybridized carbons (Fsp3) is 0.250. The van der Waals surface area contributed by atoms with Gasteiger partial charge < -0.3 is 10.6 Å². The second kappa shape index (κ2) is 6.46. The van der Waals surface area contributed by atoms with E-state index in [0.29, 0.717) is 0 Å². The van der Waals surface area contributed by atoms with Crippen LogP contribution in [0.4, 0.5) is 11.4 Å². The van der Waals surface area contributed by atoms with Gasteiger partial charge in [0.1, 0.15) is 0 Å². The van der Waals surface area contributed by atoms with Gasteiger partial charge in [0.25, 0.3) is 0 Å². The highest BCUT2D eigenvalue weighted by Gasteiger charge is 2.17. The topological polar surface area (TPSA) is 29.3 Å². The Hall–Kier alpha value is -1.26. The number of hydrogen-bond donors (Lipinski definition) is 1. The minimum Gasteiger partial charge on any atom is -0.399 e. The number of hydrogen-bond acceptors (Lipinski definition) is 4. The fourth-order valence-corrected chi connectivity index (χ4v) is 4.24. The molecule has 3 rings (SSSR count). The molecule has 2 nitrogen and oxygen atoms in total. The van der Waals surface area contributed by atoms with Crippen molar-refractivity contribution in [3.8, 4) is 0 Å². The molecule has 1 aliphatic heterocycles. The average Bonchev–Trinajstić information content (AvgIpc) is 2.49. The molecule has 0 atom stereocenters. The normalized spacial score (nSPS) is 14.1. The molecule has 0 aliphatic carbocycles. The van der Waals surface area contributed by atoms with Gasteiger partial charge in [0.2, 0.25) is 0 Å². The summed E-state index contributed by atoms with van der Waals surface area (Å²) in [5.41, 5.74) is 8.08. The Morgan fingerprint density at radius 3 is 2.85 bits per heavy atom. The number of anilines is 2. The smallest absolute Gasteiger partial charge is 0.0525 e. The molecule has 104 valence electrons. The number of benzene rings is 2. The van der Waals surface area contributed by atoms with E-state index in [0.717, 1.165) is 30.3 Å². The van der Waals surface area contributed by atoms with Crippen molar-refractivity contribution in [2.45, 2.75) is 9.79 Å². The van der Waals surface area contributed by atoms with Gasteiger partial charge in [0.05, 0.1) is 5.69 Å². The van der Waals surface area contributed by atoms with E-state index >= 15 is 0 Å². The summed E-state index contributed by atoms with van der Waals surface area (Å²) in [5.74, 6) is 2.26. The summed E-state index contributed by atoms with van der Waals surface area (Å²) < 4.78 is 0. The zero-order valence-electron chi connectivity index (χ0n) is 11.3. The van der Waals surface area contributed by atoms with Crippen molar-refractivity contribution in [2.75, 3.05) is 35.2 Å². The molecule has 1 heterocycles. The molecule has 2 aromatic rings. The van der Waals surface area contributed by atoms with Gasteiger partial charge in [-0.15, -0.1) is 23.5 Å². The molecule has 0 radical (unpaired) electrons. The maximum atomic E-state index is 5.92. The second-order valence-corrected chi connectivity index (χ2v) is 7.03. The van der Waals surface area contributed by atoms with Crippen molar-refractivity contribution in [1.82, 2.24) is 0 Å². The lowest BCUT2D eigenvalue weighted by Gasteiger charge is -2.31. The van der Waals surface area contributed by atoms with Crippen LogP contribution in [0.1, 0.15) is 0 Å². The fourth-order valence-electron chi connectivity index (χ4n) is 2.31. The highest BCUT2D eigenvalue weighted by molar-refractivity contribution is 7.99. The Balaban J connectivity index is 1.63. The summed E-state index contributed by atoms with van der Waals surface area (Å²) in [5, 5.41) is 0. The number of nitrogen functional groups attached to an aromatic ring is 1. The van der Waals surface area contributed by atoms with Crippen LogP contribution >= 0.6 is 23.5 Å². The molecule has 0 unspecified atom stereocenters. The Morgan fingerprint density at radius 1 is 1.15 bits per heavy atom. The predicted molar refractivity (Wildman–Crippen MR) is 91.0 cm³/mol.